The molecule has 1 aromatic heterocycles. The van der Waals surface area contributed by atoms with Gasteiger partial charge in [-0.1, -0.05) is 30.3 Å². The van der Waals surface area contributed by atoms with Gasteiger partial charge in [0.05, 0.1) is 35.9 Å². The van der Waals surface area contributed by atoms with Gasteiger partial charge in [-0.05, 0) is 37.6 Å². The Morgan fingerprint density at radius 3 is 2.84 bits per heavy atom. The van der Waals surface area contributed by atoms with E-state index in [0.29, 0.717) is 36.4 Å². The van der Waals surface area contributed by atoms with E-state index in [2.05, 4.69) is 42.3 Å². The summed E-state index contributed by atoms with van der Waals surface area (Å²) < 4.78 is 5.41. The highest BCUT2D eigenvalue weighted by atomic mass is 35.5. The van der Waals surface area contributed by atoms with Crippen LogP contribution in [0.3, 0.4) is 0 Å². The first-order valence-electron chi connectivity index (χ1n) is 10.4. The Bertz CT molecular complexity index is 993. The number of para-hydroxylation sites is 1. The summed E-state index contributed by atoms with van der Waals surface area (Å²) in [5, 5.41) is 8.17. The van der Waals surface area contributed by atoms with E-state index >= 15 is 0 Å². The summed E-state index contributed by atoms with van der Waals surface area (Å²) in [5.74, 6) is 1.31. The zero-order chi connectivity index (χ0) is 22.8. The highest BCUT2D eigenvalue weighted by molar-refractivity contribution is 6.36. The molecule has 1 aliphatic heterocycles. The van der Waals surface area contributed by atoms with Crippen molar-refractivity contribution in [1.82, 2.24) is 9.97 Å². The number of aryl methyl sites for hydroxylation is 2. The van der Waals surface area contributed by atoms with Gasteiger partial charge in [-0.15, -0.1) is 0 Å². The number of allylic oxidation sites excluding steroid dienone is 1. The molecule has 0 unspecified atom stereocenters. The normalized spacial score (nSPS) is 14.8. The van der Waals surface area contributed by atoms with Crippen molar-refractivity contribution in [2.45, 2.75) is 13.8 Å². The molecule has 8 nitrogen and oxygen atoms in total. The number of nitrogens with one attached hydrogen (secondary N) is 2. The Morgan fingerprint density at radius 2 is 2.09 bits per heavy atom. The summed E-state index contributed by atoms with van der Waals surface area (Å²) in [6.07, 6.45) is 8.57. The van der Waals surface area contributed by atoms with Crippen LogP contribution in [0, 0.1) is 13.8 Å². The van der Waals surface area contributed by atoms with Gasteiger partial charge in [0.1, 0.15) is 5.82 Å². The predicted molar refractivity (Wildman–Crippen MR) is 133 cm³/mol. The van der Waals surface area contributed by atoms with Gasteiger partial charge in [0.25, 0.3) is 0 Å². The Morgan fingerprint density at radius 1 is 1.28 bits per heavy atom. The molecular formula is C23H28ClN7O. The van der Waals surface area contributed by atoms with Crippen molar-refractivity contribution >= 4 is 41.0 Å². The first-order valence-corrected chi connectivity index (χ1v) is 10.8. The highest BCUT2D eigenvalue weighted by Crippen LogP contribution is 2.24. The number of ether oxygens (including phenoxy) is 1. The lowest BCUT2D eigenvalue weighted by Gasteiger charge is -2.28. The lowest BCUT2D eigenvalue weighted by molar-refractivity contribution is 0.122. The quantitative estimate of drug-likeness (QED) is 0.436. The summed E-state index contributed by atoms with van der Waals surface area (Å²) in [6, 6.07) is 5.80. The van der Waals surface area contributed by atoms with E-state index in [1.165, 1.54) is 0 Å². The maximum Gasteiger partial charge on any atom is 0.245 e. The largest absolute Gasteiger partial charge is 0.380 e. The maximum atomic E-state index is 6.22. The third-order valence-corrected chi connectivity index (χ3v) is 5.09. The van der Waals surface area contributed by atoms with Gasteiger partial charge in [0.15, 0.2) is 0 Å². The lowest BCUT2D eigenvalue weighted by atomic mass is 10.2. The molecule has 168 valence electrons. The van der Waals surface area contributed by atoms with Gasteiger partial charge in [-0.2, -0.15) is 10.1 Å². The number of hydrazone groups is 1. The number of halogens is 1. The minimum Gasteiger partial charge on any atom is -0.380 e. The number of aliphatic imine (C=N–C) groups is 1. The number of nitrogens with zero attached hydrogens (tertiary/aromatic N) is 5. The molecule has 0 bridgehead atoms. The second-order valence-electron chi connectivity index (χ2n) is 7.13. The number of hydrogen-bond acceptors (Lipinski definition) is 8. The van der Waals surface area contributed by atoms with Crippen LogP contribution in [-0.2, 0) is 4.74 Å². The third-order valence-electron chi connectivity index (χ3n) is 4.77. The minimum absolute atomic E-state index is 0.423. The van der Waals surface area contributed by atoms with Crippen LogP contribution in [0.15, 0.2) is 59.4 Å². The summed E-state index contributed by atoms with van der Waals surface area (Å²) in [5.41, 5.74) is 6.49. The molecule has 0 atom stereocenters. The lowest BCUT2D eigenvalue weighted by Crippen LogP contribution is -2.37. The molecule has 9 heteroatoms. The smallest absolute Gasteiger partial charge is 0.245 e. The van der Waals surface area contributed by atoms with Crippen LogP contribution in [0.5, 0.6) is 0 Å². The fraction of sp³-hybridized carbons (Fsp3) is 0.304. The van der Waals surface area contributed by atoms with Crippen molar-refractivity contribution in [1.29, 1.82) is 0 Å². The van der Waals surface area contributed by atoms with Crippen molar-refractivity contribution in [3.63, 3.8) is 0 Å². The fourth-order valence-corrected chi connectivity index (χ4v) is 3.37. The van der Waals surface area contributed by atoms with Gasteiger partial charge in [-0.25, -0.2) is 10.4 Å². The molecule has 2 aromatic rings. The number of hydrogen-bond donors (Lipinski definition) is 2. The molecule has 0 saturated carbocycles. The molecule has 2 N–H and O–H groups in total. The average molecular weight is 454 g/mol. The molecule has 0 aliphatic carbocycles. The molecule has 1 aliphatic rings. The van der Waals surface area contributed by atoms with Crippen LogP contribution < -0.4 is 15.6 Å². The fourth-order valence-electron chi connectivity index (χ4n) is 3.09. The SMILES string of the molecule is C=CC(/C=N\Nc1ncc(C)c(N2CCOCC2)n1)=N\C=C/CNc1c(C)cccc1Cl. The van der Waals surface area contributed by atoms with Crippen molar-refractivity contribution < 1.29 is 4.74 Å². The molecule has 1 saturated heterocycles. The molecule has 0 amide bonds. The third kappa shape index (κ3) is 6.63. The monoisotopic (exact) mass is 453 g/mol. The van der Waals surface area contributed by atoms with Crippen molar-refractivity contribution in [2.24, 2.45) is 10.1 Å². The molecule has 3 rings (SSSR count). The van der Waals surface area contributed by atoms with Gasteiger partial charge >= 0.3 is 0 Å². The van der Waals surface area contributed by atoms with E-state index < -0.39 is 0 Å². The Kier molecular flexibility index (Phi) is 8.77. The molecule has 1 fully saturated rings. The maximum absolute atomic E-state index is 6.22. The summed E-state index contributed by atoms with van der Waals surface area (Å²) >= 11 is 6.22. The number of rotatable bonds is 9. The van der Waals surface area contributed by atoms with Crippen LogP contribution >= 0.6 is 11.6 Å². The molecule has 2 heterocycles. The molecule has 0 radical (unpaired) electrons. The number of aromatic nitrogens is 2. The van der Waals surface area contributed by atoms with Crippen LogP contribution in [0.1, 0.15) is 11.1 Å². The summed E-state index contributed by atoms with van der Waals surface area (Å²) in [7, 11) is 0. The zero-order valence-corrected chi connectivity index (χ0v) is 19.1. The number of morpholine rings is 1. The van der Waals surface area contributed by atoms with Gasteiger partial charge in [0.2, 0.25) is 5.95 Å². The Labute approximate surface area is 193 Å². The van der Waals surface area contributed by atoms with E-state index in [-0.39, 0.29) is 0 Å². The van der Waals surface area contributed by atoms with E-state index in [1.807, 2.05) is 38.1 Å². The molecular weight excluding hydrogens is 426 g/mol. The first-order chi connectivity index (χ1) is 15.6. The standard InChI is InChI=1S/C23H28ClN7O/c1-4-19(25-9-6-10-26-21-17(2)7-5-8-20(21)24)16-28-30-23-27-15-18(3)22(29-23)31-11-13-32-14-12-31/h4-9,15-16,26H,1,10-14H2,2-3H3,(H,27,29,30)/b9-6-,25-19+,28-16-. The predicted octanol–water partition coefficient (Wildman–Crippen LogP) is 4.23. The second kappa shape index (κ2) is 12.0. The second-order valence-corrected chi connectivity index (χ2v) is 7.53. The first kappa shape index (κ1) is 23.4. The summed E-state index contributed by atoms with van der Waals surface area (Å²) in [6.45, 7) is 11.4. The zero-order valence-electron chi connectivity index (χ0n) is 18.4. The minimum atomic E-state index is 0.423. The molecule has 0 spiro atoms. The Hall–Kier alpha value is -3.23. The van der Waals surface area contributed by atoms with E-state index in [9.17, 15) is 0 Å². The van der Waals surface area contributed by atoms with Crippen LogP contribution in [0.4, 0.5) is 17.5 Å². The highest BCUT2D eigenvalue weighted by Gasteiger charge is 2.15. The molecule has 1 aromatic carbocycles. The van der Waals surface area contributed by atoms with Gasteiger partial charge < -0.3 is 15.0 Å². The number of benzene rings is 1. The summed E-state index contributed by atoms with van der Waals surface area (Å²) in [4.78, 5) is 15.4. The average Bonchev–Trinajstić information content (AvgIpc) is 2.81. The molecule has 32 heavy (non-hydrogen) atoms. The van der Waals surface area contributed by atoms with Crippen molar-refractivity contribution in [3.05, 3.63) is 65.5 Å². The van der Waals surface area contributed by atoms with Crippen LogP contribution in [0.25, 0.3) is 0 Å². The van der Waals surface area contributed by atoms with Crippen LogP contribution in [-0.4, -0.2) is 54.7 Å². The van der Waals surface area contributed by atoms with Crippen LogP contribution in [0.2, 0.25) is 5.02 Å². The van der Waals surface area contributed by atoms with Gasteiger partial charge in [-0.3, -0.25) is 4.99 Å². The van der Waals surface area contributed by atoms with Gasteiger partial charge in [0, 0.05) is 37.6 Å². The Balaban J connectivity index is 1.54. The van der Waals surface area contributed by atoms with E-state index in [4.69, 9.17) is 16.3 Å². The van der Waals surface area contributed by atoms with E-state index in [0.717, 1.165) is 35.7 Å². The van der Waals surface area contributed by atoms with Crippen molar-refractivity contribution in [3.8, 4) is 0 Å². The van der Waals surface area contributed by atoms with Crippen molar-refractivity contribution in [2.75, 3.05) is 48.5 Å². The number of anilines is 3. The van der Waals surface area contributed by atoms with E-state index in [1.54, 1.807) is 24.7 Å². The topological polar surface area (TPSA) is 87.0 Å².